The summed E-state index contributed by atoms with van der Waals surface area (Å²) in [5.74, 6) is 0.627. The quantitative estimate of drug-likeness (QED) is 0.165. The lowest BCUT2D eigenvalue weighted by atomic mass is 9.99. The summed E-state index contributed by atoms with van der Waals surface area (Å²) in [4.78, 5) is 10.9. The topological polar surface area (TPSA) is 35.1 Å². The number of hydrogen-bond donors (Lipinski definition) is 0. The number of benzene rings is 8. The van der Waals surface area contributed by atoms with Crippen molar-refractivity contribution in [3.63, 3.8) is 0 Å². The number of aromatic nitrogens is 4. The molecule has 270 valence electrons. The fourth-order valence-electron chi connectivity index (χ4n) is 8.98. The summed E-state index contributed by atoms with van der Waals surface area (Å²) >= 11 is 0. The Morgan fingerprint density at radius 1 is 0.276 bits per heavy atom. The lowest BCUT2D eigenvalue weighted by molar-refractivity contribution is 0.996. The average molecular weight is 739 g/mol. The van der Waals surface area contributed by atoms with Crippen LogP contribution in [0, 0.1) is 0 Å². The van der Waals surface area contributed by atoms with Crippen molar-refractivity contribution in [2.75, 3.05) is 0 Å². The number of para-hydroxylation sites is 2. The van der Waals surface area contributed by atoms with E-state index in [1.165, 1.54) is 43.7 Å². The van der Waals surface area contributed by atoms with Gasteiger partial charge in [-0.05, 0) is 76.2 Å². The van der Waals surface area contributed by atoms with Gasteiger partial charge < -0.3 is 4.40 Å². The Balaban J connectivity index is 1.17. The van der Waals surface area contributed by atoms with Crippen molar-refractivity contribution in [3.05, 3.63) is 206 Å². The molecular weight excluding hydrogens is 705 g/mol. The third-order valence-electron chi connectivity index (χ3n) is 11.7. The first-order valence-corrected chi connectivity index (χ1v) is 19.7. The molecule has 8 aromatic carbocycles. The van der Waals surface area contributed by atoms with Crippen LogP contribution < -0.4 is 0 Å². The highest BCUT2D eigenvalue weighted by atomic mass is 15.2. The minimum absolute atomic E-state index is 0.627. The van der Waals surface area contributed by atoms with E-state index < -0.39 is 0 Å². The van der Waals surface area contributed by atoms with Crippen LogP contribution in [-0.4, -0.2) is 18.9 Å². The fourth-order valence-corrected chi connectivity index (χ4v) is 8.98. The molecule has 0 saturated heterocycles. The van der Waals surface area contributed by atoms with Crippen molar-refractivity contribution < 1.29 is 0 Å². The van der Waals surface area contributed by atoms with E-state index in [4.69, 9.17) is 9.97 Å². The molecule has 0 aliphatic rings. The highest BCUT2D eigenvalue weighted by Crippen LogP contribution is 2.40. The fraction of sp³-hybridized carbons (Fsp3) is 0. The van der Waals surface area contributed by atoms with Crippen LogP contribution in [-0.2, 0) is 0 Å². The predicted octanol–water partition coefficient (Wildman–Crippen LogP) is 14.0. The summed E-state index contributed by atoms with van der Waals surface area (Å²) in [6.07, 6.45) is 0. The molecule has 12 aromatic rings. The van der Waals surface area contributed by atoms with Crippen LogP contribution >= 0.6 is 0 Å². The molecule has 4 heteroatoms. The Morgan fingerprint density at radius 3 is 1.41 bits per heavy atom. The molecule has 0 saturated carbocycles. The van der Waals surface area contributed by atoms with Crippen molar-refractivity contribution in [2.24, 2.45) is 0 Å². The van der Waals surface area contributed by atoms with E-state index in [0.717, 1.165) is 61.0 Å². The Labute approximate surface area is 334 Å². The Kier molecular flexibility index (Phi) is 7.20. The van der Waals surface area contributed by atoms with E-state index in [1.807, 2.05) is 0 Å². The van der Waals surface area contributed by atoms with Gasteiger partial charge in [-0.1, -0.05) is 158 Å². The van der Waals surface area contributed by atoms with Gasteiger partial charge in [-0.25, -0.2) is 9.97 Å². The monoisotopic (exact) mass is 738 g/mol. The molecule has 0 N–H and O–H groups in total. The van der Waals surface area contributed by atoms with Crippen molar-refractivity contribution in [1.82, 2.24) is 18.9 Å². The van der Waals surface area contributed by atoms with Gasteiger partial charge in [0, 0.05) is 38.1 Å². The van der Waals surface area contributed by atoms with Gasteiger partial charge in [-0.15, -0.1) is 0 Å². The lowest BCUT2D eigenvalue weighted by Crippen LogP contribution is -2.04. The molecule has 0 atom stereocenters. The third-order valence-corrected chi connectivity index (χ3v) is 11.7. The van der Waals surface area contributed by atoms with Gasteiger partial charge in [0.05, 0.1) is 39.0 Å². The maximum absolute atomic E-state index is 5.46. The SMILES string of the molecule is c1ccc(-c2cccc(-c3cc(-c4cccc(-c5ccccc5)c4)nc(-n4c5ccccc5c5cc6c7ccccc7c7cc8ccccc8n7c6cc54)n3)c2)cc1. The molecule has 4 heterocycles. The van der Waals surface area contributed by atoms with Crippen LogP contribution in [0.3, 0.4) is 0 Å². The van der Waals surface area contributed by atoms with Crippen molar-refractivity contribution in [3.8, 4) is 50.7 Å². The second-order valence-corrected chi connectivity index (χ2v) is 15.0. The van der Waals surface area contributed by atoms with E-state index >= 15 is 0 Å². The molecule has 0 fully saturated rings. The number of hydrogen-bond acceptors (Lipinski definition) is 2. The average Bonchev–Trinajstić information content (AvgIpc) is 3.85. The van der Waals surface area contributed by atoms with Gasteiger partial charge in [0.2, 0.25) is 5.95 Å². The molecule has 0 radical (unpaired) electrons. The Bertz CT molecular complexity index is 3460. The van der Waals surface area contributed by atoms with Crippen LogP contribution in [0.2, 0.25) is 0 Å². The van der Waals surface area contributed by atoms with Gasteiger partial charge in [-0.3, -0.25) is 4.57 Å². The van der Waals surface area contributed by atoms with Crippen LogP contribution in [0.1, 0.15) is 0 Å². The van der Waals surface area contributed by atoms with E-state index in [9.17, 15) is 0 Å². The summed E-state index contributed by atoms with van der Waals surface area (Å²) in [5.41, 5.74) is 14.1. The standard InChI is InChI=1S/C54H34N4/c1-3-15-35(16-4-1)37-20-13-22-39(29-37)47-33-48(40-23-14-21-38(30-40)36-17-5-2-6-18-36)56-54(55-47)58-50-28-12-10-26-44(50)46-32-45-42-24-8-9-25-43(42)51-31-41-19-7-11-27-49(41)57(51)52(45)34-53(46)58/h1-34H. The van der Waals surface area contributed by atoms with E-state index in [0.29, 0.717) is 5.95 Å². The first-order valence-electron chi connectivity index (χ1n) is 19.7. The lowest BCUT2D eigenvalue weighted by Gasteiger charge is -2.14. The first-order chi connectivity index (χ1) is 28.7. The van der Waals surface area contributed by atoms with Crippen LogP contribution in [0.5, 0.6) is 0 Å². The summed E-state index contributed by atoms with van der Waals surface area (Å²) < 4.78 is 4.70. The minimum Gasteiger partial charge on any atom is -0.309 e. The molecule has 4 nitrogen and oxygen atoms in total. The molecule has 0 spiro atoms. The van der Waals surface area contributed by atoms with E-state index in [2.05, 4.69) is 215 Å². The van der Waals surface area contributed by atoms with Gasteiger partial charge in [0.1, 0.15) is 0 Å². The van der Waals surface area contributed by atoms with E-state index in [-0.39, 0.29) is 0 Å². The molecule has 0 aliphatic heterocycles. The van der Waals surface area contributed by atoms with E-state index in [1.54, 1.807) is 0 Å². The van der Waals surface area contributed by atoms with Crippen molar-refractivity contribution in [2.45, 2.75) is 0 Å². The normalized spacial score (nSPS) is 11.8. The zero-order chi connectivity index (χ0) is 38.2. The smallest absolute Gasteiger partial charge is 0.235 e. The van der Waals surface area contributed by atoms with Crippen LogP contribution in [0.15, 0.2) is 206 Å². The third kappa shape index (κ3) is 5.09. The highest BCUT2D eigenvalue weighted by Gasteiger charge is 2.20. The molecule has 12 rings (SSSR count). The number of nitrogens with zero attached hydrogens (tertiary/aromatic N) is 4. The Morgan fingerprint density at radius 2 is 0.759 bits per heavy atom. The summed E-state index contributed by atoms with van der Waals surface area (Å²) in [7, 11) is 0. The van der Waals surface area contributed by atoms with Crippen molar-refractivity contribution in [1.29, 1.82) is 0 Å². The maximum Gasteiger partial charge on any atom is 0.235 e. The molecule has 0 aliphatic carbocycles. The highest BCUT2D eigenvalue weighted by molar-refractivity contribution is 6.21. The molecule has 4 aromatic heterocycles. The summed E-state index contributed by atoms with van der Waals surface area (Å²) in [6.45, 7) is 0. The summed E-state index contributed by atoms with van der Waals surface area (Å²) in [5, 5.41) is 7.24. The zero-order valence-corrected chi connectivity index (χ0v) is 31.4. The number of pyridine rings is 1. The molecule has 58 heavy (non-hydrogen) atoms. The molecule has 0 amide bonds. The largest absolute Gasteiger partial charge is 0.309 e. The Hall–Kier alpha value is -7.82. The van der Waals surface area contributed by atoms with Crippen LogP contribution in [0.4, 0.5) is 0 Å². The van der Waals surface area contributed by atoms with Gasteiger partial charge >= 0.3 is 0 Å². The number of fused-ring (bicyclic) bond motifs is 11. The van der Waals surface area contributed by atoms with Crippen molar-refractivity contribution >= 4 is 59.9 Å². The minimum atomic E-state index is 0.627. The van der Waals surface area contributed by atoms with Crippen LogP contribution in [0.25, 0.3) is 111 Å². The molecule has 0 bridgehead atoms. The summed E-state index contributed by atoms with van der Waals surface area (Å²) in [6, 6.07) is 73.8. The first kappa shape index (κ1) is 32.4. The second kappa shape index (κ2) is 12.9. The second-order valence-electron chi connectivity index (χ2n) is 15.0. The van der Waals surface area contributed by atoms with Gasteiger partial charge in [-0.2, -0.15) is 0 Å². The van der Waals surface area contributed by atoms with Gasteiger partial charge in [0.25, 0.3) is 0 Å². The predicted molar refractivity (Wildman–Crippen MR) is 242 cm³/mol. The van der Waals surface area contributed by atoms with Gasteiger partial charge in [0.15, 0.2) is 0 Å². The zero-order valence-electron chi connectivity index (χ0n) is 31.4. The maximum atomic E-state index is 5.46. The number of rotatable bonds is 5. The molecule has 0 unspecified atom stereocenters. The molecular formula is C54H34N4.